The molecule has 18 heavy (non-hydrogen) atoms. The molecule has 1 nitrogen and oxygen atoms in total. The van der Waals surface area contributed by atoms with Crippen LogP contribution in [-0.4, -0.2) is 52.0 Å². The number of hydrogen-bond acceptors (Lipinski definition) is 1. The minimum atomic E-state index is 0.882. The van der Waals surface area contributed by atoms with Crippen molar-refractivity contribution in [1.82, 2.24) is 4.90 Å². The monoisotopic (exact) mass is 377 g/mol. The Labute approximate surface area is 127 Å². The molecule has 0 saturated heterocycles. The first-order valence-corrected chi connectivity index (χ1v) is 9.53. The van der Waals surface area contributed by atoms with Crippen LogP contribution < -0.4 is 0 Å². The zero-order valence-corrected chi connectivity index (χ0v) is 14.5. The van der Waals surface area contributed by atoms with E-state index in [-0.39, 0.29) is 0 Å². The topological polar surface area (TPSA) is 3.24 Å². The average Bonchev–Trinajstić information content (AvgIpc) is 3.09. The average molecular weight is 375 g/mol. The summed E-state index contributed by atoms with van der Waals surface area (Å²) < 4.78 is 1.43. The first kappa shape index (κ1) is 12.4. The third-order valence-electron chi connectivity index (χ3n) is 6.34. The van der Waals surface area contributed by atoms with E-state index >= 15 is 0 Å². The fourth-order valence-electron chi connectivity index (χ4n) is 5.63. The van der Waals surface area contributed by atoms with Crippen LogP contribution in [0.2, 0.25) is 0 Å². The standard InChI is InChI=1S/C15H23NSe2/c17-15(18)16(13-7-9-1-3-11(13)5-9)14-8-10-2-4-12(14)6-10/h9-14H,1-8H2,(H,17,18). The van der Waals surface area contributed by atoms with E-state index in [1.165, 1.54) is 54.8 Å². The fraction of sp³-hybridized carbons (Fsp3) is 0.933. The summed E-state index contributed by atoms with van der Waals surface area (Å²) in [5.74, 6) is 4.16. The van der Waals surface area contributed by atoms with Gasteiger partial charge in [-0.1, -0.05) is 0 Å². The van der Waals surface area contributed by atoms with Crippen LogP contribution in [0.15, 0.2) is 0 Å². The van der Waals surface area contributed by atoms with Gasteiger partial charge in [0.25, 0.3) is 0 Å². The summed E-state index contributed by atoms with van der Waals surface area (Å²) in [6, 6.07) is 1.76. The van der Waals surface area contributed by atoms with Crippen LogP contribution >= 0.6 is 0 Å². The summed E-state index contributed by atoms with van der Waals surface area (Å²) in [6.45, 7) is 0. The second kappa shape index (κ2) is 4.62. The van der Waals surface area contributed by atoms with Gasteiger partial charge in [-0.05, 0) is 0 Å². The van der Waals surface area contributed by atoms with Gasteiger partial charge in [-0.2, -0.15) is 0 Å². The van der Waals surface area contributed by atoms with E-state index in [9.17, 15) is 0 Å². The van der Waals surface area contributed by atoms with E-state index in [4.69, 9.17) is 0 Å². The summed E-state index contributed by atoms with van der Waals surface area (Å²) in [5, 5.41) is 0. The van der Waals surface area contributed by atoms with Crippen LogP contribution in [-0.2, 0) is 0 Å². The Balaban J connectivity index is 1.56. The van der Waals surface area contributed by atoms with Crippen LogP contribution in [0, 0.1) is 23.7 Å². The molecule has 4 aliphatic carbocycles. The maximum absolute atomic E-state index is 3.33. The molecule has 4 rings (SSSR count). The van der Waals surface area contributed by atoms with Gasteiger partial charge in [-0.3, -0.25) is 0 Å². The van der Waals surface area contributed by atoms with Crippen molar-refractivity contribution in [2.45, 2.75) is 63.5 Å². The van der Waals surface area contributed by atoms with Crippen molar-refractivity contribution in [3.63, 3.8) is 0 Å². The quantitative estimate of drug-likeness (QED) is 0.681. The Morgan fingerprint density at radius 3 is 1.61 bits per heavy atom. The van der Waals surface area contributed by atoms with Gasteiger partial charge in [-0.25, -0.2) is 0 Å². The summed E-state index contributed by atoms with van der Waals surface area (Å²) in [6.07, 6.45) is 12.1. The molecule has 4 aliphatic rings. The zero-order valence-electron chi connectivity index (χ0n) is 10.9. The normalized spacial score (nSPS) is 48.9. The Bertz CT molecular complexity index is 342. The van der Waals surface area contributed by atoms with E-state index in [1.54, 1.807) is 0 Å². The van der Waals surface area contributed by atoms with E-state index < -0.39 is 0 Å². The number of hydrogen-bond donors (Lipinski definition) is 0. The summed E-state index contributed by atoms with van der Waals surface area (Å²) in [7, 11) is 0. The van der Waals surface area contributed by atoms with E-state index in [1.807, 2.05) is 0 Å². The third kappa shape index (κ3) is 1.89. The van der Waals surface area contributed by atoms with Crippen molar-refractivity contribution in [3.05, 3.63) is 0 Å². The molecule has 0 aliphatic heterocycles. The van der Waals surface area contributed by atoms with Crippen LogP contribution in [0.4, 0.5) is 0 Å². The van der Waals surface area contributed by atoms with Gasteiger partial charge in [0.15, 0.2) is 0 Å². The molecule has 0 spiro atoms. The molecule has 0 amide bonds. The molecule has 0 aromatic carbocycles. The second-order valence-electron chi connectivity index (χ2n) is 7.17. The SMILES string of the molecule is [Se]=C([SeH])N(C1CC2CCC1C2)C1CC2CCC1C2. The predicted octanol–water partition coefficient (Wildman–Crippen LogP) is 1.82. The third-order valence-corrected chi connectivity index (χ3v) is 7.26. The number of nitrogens with zero attached hydrogens (tertiary/aromatic N) is 1. The molecule has 6 unspecified atom stereocenters. The van der Waals surface area contributed by atoms with Crippen LogP contribution in [0.1, 0.15) is 51.4 Å². The van der Waals surface area contributed by atoms with Crippen molar-refractivity contribution in [2.75, 3.05) is 0 Å². The molecular formula is C15H23NSe2. The maximum atomic E-state index is 3.33. The second-order valence-corrected chi connectivity index (χ2v) is 10.4. The van der Waals surface area contributed by atoms with Gasteiger partial charge >= 0.3 is 127 Å². The Hall–Kier alpha value is 0.709. The van der Waals surface area contributed by atoms with Gasteiger partial charge in [0.05, 0.1) is 0 Å². The molecule has 100 valence electrons. The van der Waals surface area contributed by atoms with Crippen molar-refractivity contribution in [3.8, 4) is 0 Å². The van der Waals surface area contributed by atoms with Gasteiger partial charge in [-0.15, -0.1) is 0 Å². The zero-order chi connectivity index (χ0) is 12.3. The predicted molar refractivity (Wildman–Crippen MR) is 78.2 cm³/mol. The summed E-state index contributed by atoms with van der Waals surface area (Å²) in [4.78, 5) is 2.84. The van der Waals surface area contributed by atoms with Crippen LogP contribution in [0.3, 0.4) is 0 Å². The van der Waals surface area contributed by atoms with Gasteiger partial charge in [0, 0.05) is 0 Å². The molecule has 0 N–H and O–H groups in total. The molecule has 0 aromatic rings. The summed E-state index contributed by atoms with van der Waals surface area (Å²) in [5.41, 5.74) is 0. The molecular weight excluding hydrogens is 352 g/mol. The Kier molecular flexibility index (Phi) is 3.20. The molecule has 4 fully saturated rings. The van der Waals surface area contributed by atoms with Gasteiger partial charge in [0.2, 0.25) is 0 Å². The van der Waals surface area contributed by atoms with Crippen molar-refractivity contribution in [2.24, 2.45) is 23.7 Å². The van der Waals surface area contributed by atoms with Crippen LogP contribution in [0.5, 0.6) is 0 Å². The first-order chi connectivity index (χ1) is 8.72. The van der Waals surface area contributed by atoms with Crippen molar-refractivity contribution < 1.29 is 0 Å². The van der Waals surface area contributed by atoms with Gasteiger partial charge in [0.1, 0.15) is 0 Å². The fourth-order valence-corrected chi connectivity index (χ4v) is 6.82. The van der Waals surface area contributed by atoms with E-state index in [2.05, 4.69) is 36.5 Å². The molecule has 3 heteroatoms. The molecule has 0 heterocycles. The van der Waals surface area contributed by atoms with Crippen LogP contribution in [0.25, 0.3) is 0 Å². The number of fused-ring (bicyclic) bond motifs is 4. The first-order valence-electron chi connectivity index (χ1n) is 7.73. The van der Waals surface area contributed by atoms with E-state index in [0.29, 0.717) is 0 Å². The molecule has 6 atom stereocenters. The van der Waals surface area contributed by atoms with Crippen molar-refractivity contribution >= 4 is 35.0 Å². The Morgan fingerprint density at radius 2 is 1.33 bits per heavy atom. The molecule has 4 saturated carbocycles. The molecule has 4 bridgehead atoms. The number of rotatable bonds is 3. The minimum absolute atomic E-state index is 0.882. The molecule has 0 radical (unpaired) electrons. The summed E-state index contributed by atoms with van der Waals surface area (Å²) >= 11 is 6.14. The molecule has 0 aromatic heterocycles. The Morgan fingerprint density at radius 1 is 0.833 bits per heavy atom. The van der Waals surface area contributed by atoms with Gasteiger partial charge < -0.3 is 0 Å². The van der Waals surface area contributed by atoms with Crippen molar-refractivity contribution in [1.29, 1.82) is 0 Å². The van der Waals surface area contributed by atoms with E-state index in [0.717, 1.165) is 35.8 Å².